The van der Waals surface area contributed by atoms with Gasteiger partial charge in [0.05, 0.1) is 22.0 Å². The maximum Gasteiger partial charge on any atom is 0.266 e. The molecule has 6 nitrogen and oxygen atoms in total. The zero-order valence-electron chi connectivity index (χ0n) is 10.5. The SMILES string of the molecule is CCCSC1=C(C(=O)[O-])N2C(=O)[C@](O)([C@@H](C)O)[C@H]2S1. The number of aliphatic hydroxyl groups is 2. The summed E-state index contributed by atoms with van der Waals surface area (Å²) in [6.07, 6.45) is -0.402. The molecule has 2 aliphatic rings. The number of fused-ring (bicyclic) bond motifs is 1. The fourth-order valence-electron chi connectivity index (χ4n) is 2.02. The molecular weight excluding hydrogens is 290 g/mol. The summed E-state index contributed by atoms with van der Waals surface area (Å²) in [6.45, 7) is 3.27. The van der Waals surface area contributed by atoms with Crippen LogP contribution < -0.4 is 5.11 Å². The first kappa shape index (κ1) is 14.7. The Morgan fingerprint density at radius 3 is 2.79 bits per heavy atom. The fraction of sp³-hybridized carbons (Fsp3) is 0.636. The Morgan fingerprint density at radius 1 is 1.68 bits per heavy atom. The molecule has 1 saturated heterocycles. The lowest BCUT2D eigenvalue weighted by molar-refractivity contribution is -0.302. The lowest BCUT2D eigenvalue weighted by Gasteiger charge is -2.50. The van der Waals surface area contributed by atoms with Gasteiger partial charge in [-0.15, -0.1) is 11.8 Å². The Kier molecular flexibility index (Phi) is 3.87. The minimum atomic E-state index is -1.92. The van der Waals surface area contributed by atoms with Gasteiger partial charge in [-0.2, -0.15) is 0 Å². The van der Waals surface area contributed by atoms with E-state index < -0.39 is 29.0 Å². The smallest absolute Gasteiger partial charge is 0.266 e. The summed E-state index contributed by atoms with van der Waals surface area (Å²) in [6, 6.07) is 0. The summed E-state index contributed by atoms with van der Waals surface area (Å²) in [7, 11) is 0. The summed E-state index contributed by atoms with van der Waals surface area (Å²) in [4.78, 5) is 24.1. The van der Waals surface area contributed by atoms with Gasteiger partial charge in [0.25, 0.3) is 5.91 Å². The van der Waals surface area contributed by atoms with Crippen molar-refractivity contribution >= 4 is 35.4 Å². The number of amides is 1. The van der Waals surface area contributed by atoms with Crippen molar-refractivity contribution < 1.29 is 24.9 Å². The number of carboxylic acids is 1. The molecule has 8 heteroatoms. The molecule has 1 fully saturated rings. The molecule has 0 aromatic rings. The monoisotopic (exact) mass is 304 g/mol. The second-order valence-corrected chi connectivity index (χ2v) is 6.87. The Bertz CT molecular complexity index is 464. The van der Waals surface area contributed by atoms with E-state index >= 15 is 0 Å². The lowest BCUT2D eigenvalue weighted by Crippen LogP contribution is -2.75. The van der Waals surface area contributed by atoms with Crippen molar-refractivity contribution in [2.75, 3.05) is 5.75 Å². The average Bonchev–Trinajstić information content (AvgIpc) is 2.71. The van der Waals surface area contributed by atoms with Crippen molar-refractivity contribution in [3.05, 3.63) is 9.93 Å². The van der Waals surface area contributed by atoms with Crippen LogP contribution in [0.2, 0.25) is 0 Å². The van der Waals surface area contributed by atoms with Crippen molar-refractivity contribution in [1.29, 1.82) is 0 Å². The van der Waals surface area contributed by atoms with Crippen LogP contribution in [0.1, 0.15) is 20.3 Å². The Morgan fingerprint density at radius 2 is 2.32 bits per heavy atom. The molecule has 0 spiro atoms. The molecule has 0 aliphatic carbocycles. The third-order valence-corrected chi connectivity index (χ3v) is 6.00. The maximum absolute atomic E-state index is 11.9. The van der Waals surface area contributed by atoms with E-state index in [2.05, 4.69) is 0 Å². The summed E-state index contributed by atoms with van der Waals surface area (Å²) in [5.41, 5.74) is -2.11. The molecule has 2 heterocycles. The van der Waals surface area contributed by atoms with Crippen LogP contribution in [0.5, 0.6) is 0 Å². The van der Waals surface area contributed by atoms with Gasteiger partial charge in [-0.05, 0) is 19.1 Å². The lowest BCUT2D eigenvalue weighted by atomic mass is 9.86. The van der Waals surface area contributed by atoms with Crippen LogP contribution in [0, 0.1) is 0 Å². The van der Waals surface area contributed by atoms with E-state index in [0.29, 0.717) is 9.99 Å². The van der Waals surface area contributed by atoms with E-state index in [0.717, 1.165) is 23.1 Å². The summed E-state index contributed by atoms with van der Waals surface area (Å²) in [5, 5.41) is 30.1. The zero-order valence-corrected chi connectivity index (χ0v) is 12.1. The number of aliphatic hydroxyl groups excluding tert-OH is 1. The Hall–Kier alpha value is -0.700. The molecule has 0 saturated carbocycles. The summed E-state index contributed by atoms with van der Waals surface area (Å²) >= 11 is 2.41. The molecule has 19 heavy (non-hydrogen) atoms. The first-order valence-corrected chi connectivity index (χ1v) is 7.71. The summed E-state index contributed by atoms with van der Waals surface area (Å²) < 4.78 is 0.455. The minimum absolute atomic E-state index is 0.191. The van der Waals surface area contributed by atoms with Crippen molar-refractivity contribution in [2.24, 2.45) is 0 Å². The van der Waals surface area contributed by atoms with Crippen molar-refractivity contribution in [1.82, 2.24) is 4.90 Å². The predicted molar refractivity (Wildman–Crippen MR) is 69.6 cm³/mol. The second-order valence-electron chi connectivity index (χ2n) is 4.42. The molecule has 2 rings (SSSR count). The average molecular weight is 304 g/mol. The van der Waals surface area contributed by atoms with Gasteiger partial charge in [0, 0.05) is 0 Å². The van der Waals surface area contributed by atoms with Gasteiger partial charge >= 0.3 is 0 Å². The summed E-state index contributed by atoms with van der Waals surface area (Å²) in [5.74, 6) is -1.51. The molecule has 3 atom stereocenters. The molecule has 106 valence electrons. The third-order valence-electron chi connectivity index (χ3n) is 3.09. The largest absolute Gasteiger partial charge is 0.543 e. The van der Waals surface area contributed by atoms with Crippen LogP contribution in [0.3, 0.4) is 0 Å². The molecule has 0 bridgehead atoms. The first-order chi connectivity index (χ1) is 8.85. The van der Waals surface area contributed by atoms with Gasteiger partial charge in [-0.3, -0.25) is 9.69 Å². The van der Waals surface area contributed by atoms with Gasteiger partial charge in [-0.25, -0.2) is 0 Å². The van der Waals surface area contributed by atoms with Crippen molar-refractivity contribution in [3.8, 4) is 0 Å². The van der Waals surface area contributed by atoms with Crippen molar-refractivity contribution in [3.63, 3.8) is 0 Å². The van der Waals surface area contributed by atoms with Crippen LogP contribution >= 0.6 is 23.5 Å². The topological polar surface area (TPSA) is 101 Å². The van der Waals surface area contributed by atoms with Crippen molar-refractivity contribution in [2.45, 2.75) is 37.3 Å². The fourth-order valence-corrected chi connectivity index (χ4v) is 4.80. The van der Waals surface area contributed by atoms with Gasteiger partial charge in [0.15, 0.2) is 5.60 Å². The second kappa shape index (κ2) is 5.01. The van der Waals surface area contributed by atoms with E-state index in [1.165, 1.54) is 18.7 Å². The highest BCUT2D eigenvalue weighted by Crippen LogP contribution is 2.55. The number of β-lactam (4-membered cyclic amide) rings is 1. The predicted octanol–water partition coefficient (Wildman–Crippen LogP) is -0.924. The quantitative estimate of drug-likeness (QED) is 0.633. The van der Waals surface area contributed by atoms with E-state index in [1.807, 2.05) is 6.92 Å². The van der Waals surface area contributed by atoms with Gasteiger partial charge in [0.1, 0.15) is 5.37 Å². The highest BCUT2D eigenvalue weighted by atomic mass is 32.2. The molecular formula is C11H14NO5S2-. The molecule has 0 aromatic carbocycles. The van der Waals surface area contributed by atoms with E-state index in [4.69, 9.17) is 0 Å². The highest BCUT2D eigenvalue weighted by molar-refractivity contribution is 8.22. The molecule has 0 radical (unpaired) electrons. The van der Waals surface area contributed by atoms with Gasteiger partial charge in [-0.1, -0.05) is 18.7 Å². The molecule has 1 amide bonds. The van der Waals surface area contributed by atoms with E-state index in [9.17, 15) is 24.9 Å². The number of carbonyl (C=O) groups is 2. The third kappa shape index (κ3) is 1.97. The number of carbonyl (C=O) groups excluding carboxylic acids is 2. The molecule has 2 aliphatic heterocycles. The Labute approximate surface area is 118 Å². The molecule has 2 N–H and O–H groups in total. The van der Waals surface area contributed by atoms with E-state index in [-0.39, 0.29) is 5.70 Å². The van der Waals surface area contributed by atoms with E-state index in [1.54, 1.807) is 0 Å². The number of rotatable bonds is 5. The van der Waals surface area contributed by atoms with Crippen LogP contribution in [-0.2, 0) is 9.59 Å². The normalized spacial score (nSPS) is 31.3. The van der Waals surface area contributed by atoms with Gasteiger partial charge < -0.3 is 20.1 Å². The number of aliphatic carboxylic acids is 1. The molecule has 0 aromatic heterocycles. The standard InChI is InChI=1S/C11H15NO5S2/c1-3-4-18-8-6(7(14)15)12-9(16)11(17,5(2)13)10(12)19-8/h5,10,13,17H,3-4H2,1-2H3,(H,14,15)/p-1/t5-,10-,11-/m1/s1. The minimum Gasteiger partial charge on any atom is -0.543 e. The van der Waals surface area contributed by atoms with Crippen LogP contribution in [0.15, 0.2) is 9.93 Å². The van der Waals surface area contributed by atoms with Crippen LogP contribution in [-0.4, -0.2) is 49.8 Å². The van der Waals surface area contributed by atoms with Gasteiger partial charge in [0.2, 0.25) is 0 Å². The zero-order chi connectivity index (χ0) is 14.4. The van der Waals surface area contributed by atoms with Crippen LogP contribution in [0.25, 0.3) is 0 Å². The first-order valence-electron chi connectivity index (χ1n) is 5.84. The number of carboxylic acid groups (broad SMARTS) is 1. The van der Waals surface area contributed by atoms with Crippen LogP contribution in [0.4, 0.5) is 0 Å². The highest BCUT2D eigenvalue weighted by Gasteiger charge is 2.67. The maximum atomic E-state index is 11.9. The Balaban J connectivity index is 2.29. The number of hydrogen-bond acceptors (Lipinski definition) is 7. The number of nitrogens with zero attached hydrogens (tertiary/aromatic N) is 1. The number of hydrogen-bond donors (Lipinski definition) is 2. The number of thioether (sulfide) groups is 2. The molecule has 0 unspecified atom stereocenters.